The van der Waals surface area contributed by atoms with Crippen LogP contribution in [0.2, 0.25) is 0 Å². The van der Waals surface area contributed by atoms with Gasteiger partial charge in [0.05, 0.1) is 16.3 Å². The number of nitrogens with one attached hydrogen (secondary N) is 1. The largest absolute Gasteiger partial charge is 0.276 e. The standard InChI is InChI=1S/C14H18FN3O2S/c1-5-12-13(8-18(4)16-12)17-21(19,20)14-9(2)6-11(15)7-10(14)3/h6-8,17H,5H2,1-4H3. The molecule has 2 aromatic rings. The molecular formula is C14H18FN3O2S. The number of halogens is 1. The molecule has 0 atom stereocenters. The van der Waals surface area contributed by atoms with E-state index in [2.05, 4.69) is 9.82 Å². The lowest BCUT2D eigenvalue weighted by molar-refractivity contribution is 0.597. The molecule has 0 fully saturated rings. The number of aryl methyl sites for hydroxylation is 4. The van der Waals surface area contributed by atoms with Crippen LogP contribution < -0.4 is 4.72 Å². The fourth-order valence-corrected chi connectivity index (χ4v) is 3.93. The van der Waals surface area contributed by atoms with Crippen LogP contribution in [0.4, 0.5) is 10.1 Å². The Kier molecular flexibility index (Phi) is 4.04. The maximum Gasteiger partial charge on any atom is 0.262 e. The Morgan fingerprint density at radius 3 is 2.38 bits per heavy atom. The van der Waals surface area contributed by atoms with Gasteiger partial charge >= 0.3 is 0 Å². The SMILES string of the molecule is CCc1nn(C)cc1NS(=O)(=O)c1c(C)cc(F)cc1C. The van der Waals surface area contributed by atoms with E-state index in [4.69, 9.17) is 0 Å². The van der Waals surface area contributed by atoms with Crippen molar-refractivity contribution in [2.75, 3.05) is 4.72 Å². The van der Waals surface area contributed by atoms with Gasteiger partial charge < -0.3 is 0 Å². The Balaban J connectivity index is 2.48. The van der Waals surface area contributed by atoms with E-state index >= 15 is 0 Å². The monoisotopic (exact) mass is 311 g/mol. The van der Waals surface area contributed by atoms with Crippen LogP contribution in [0.3, 0.4) is 0 Å². The minimum atomic E-state index is -3.78. The Morgan fingerprint density at radius 2 is 1.86 bits per heavy atom. The summed E-state index contributed by atoms with van der Waals surface area (Å²) in [6.07, 6.45) is 2.23. The highest BCUT2D eigenvalue weighted by Gasteiger charge is 2.22. The predicted molar refractivity (Wildman–Crippen MR) is 79.3 cm³/mol. The van der Waals surface area contributed by atoms with Gasteiger partial charge in [-0.25, -0.2) is 12.8 Å². The molecule has 1 aromatic heterocycles. The Morgan fingerprint density at radius 1 is 1.29 bits per heavy atom. The van der Waals surface area contributed by atoms with E-state index < -0.39 is 15.8 Å². The quantitative estimate of drug-likeness (QED) is 0.943. The predicted octanol–water partition coefficient (Wildman–Crippen LogP) is 2.54. The maximum atomic E-state index is 13.3. The molecule has 1 aromatic carbocycles. The molecule has 0 unspecified atom stereocenters. The second-order valence-corrected chi connectivity index (χ2v) is 6.61. The van der Waals surface area contributed by atoms with Gasteiger partial charge in [-0.3, -0.25) is 9.40 Å². The zero-order chi connectivity index (χ0) is 15.8. The van der Waals surface area contributed by atoms with Crippen molar-refractivity contribution < 1.29 is 12.8 Å². The van der Waals surface area contributed by atoms with Gasteiger partial charge in [-0.15, -0.1) is 0 Å². The van der Waals surface area contributed by atoms with Crippen LogP contribution >= 0.6 is 0 Å². The number of anilines is 1. The second-order valence-electron chi connectivity index (χ2n) is 4.99. The third-order valence-corrected chi connectivity index (χ3v) is 4.85. The fraction of sp³-hybridized carbons (Fsp3) is 0.357. The minimum Gasteiger partial charge on any atom is -0.276 e. The molecule has 0 saturated carbocycles. The maximum absolute atomic E-state index is 13.3. The second kappa shape index (κ2) is 5.48. The molecule has 1 N–H and O–H groups in total. The van der Waals surface area contributed by atoms with E-state index in [9.17, 15) is 12.8 Å². The summed E-state index contributed by atoms with van der Waals surface area (Å²) in [5.74, 6) is -0.445. The molecule has 0 aliphatic rings. The molecule has 0 radical (unpaired) electrons. The summed E-state index contributed by atoms with van der Waals surface area (Å²) in [4.78, 5) is 0.106. The Labute approximate surface area is 123 Å². The Hall–Kier alpha value is -1.89. The highest BCUT2D eigenvalue weighted by molar-refractivity contribution is 7.92. The van der Waals surface area contributed by atoms with Crippen LogP contribution in [0.25, 0.3) is 0 Å². The number of sulfonamides is 1. The van der Waals surface area contributed by atoms with Crippen molar-refractivity contribution in [3.8, 4) is 0 Å². The third kappa shape index (κ3) is 3.07. The summed E-state index contributed by atoms with van der Waals surface area (Å²) in [5, 5.41) is 4.20. The molecular weight excluding hydrogens is 293 g/mol. The average Bonchev–Trinajstić information content (AvgIpc) is 2.66. The van der Waals surface area contributed by atoms with Crippen molar-refractivity contribution in [1.29, 1.82) is 0 Å². The number of hydrogen-bond acceptors (Lipinski definition) is 3. The molecule has 0 spiro atoms. The third-order valence-electron chi connectivity index (χ3n) is 3.18. The molecule has 5 nitrogen and oxygen atoms in total. The highest BCUT2D eigenvalue weighted by Crippen LogP contribution is 2.25. The zero-order valence-electron chi connectivity index (χ0n) is 12.4. The lowest BCUT2D eigenvalue weighted by atomic mass is 10.1. The first-order chi connectivity index (χ1) is 9.74. The lowest BCUT2D eigenvalue weighted by Crippen LogP contribution is -2.16. The van der Waals surface area contributed by atoms with Gasteiger partial charge in [0.2, 0.25) is 0 Å². The van der Waals surface area contributed by atoms with Crippen molar-refractivity contribution in [3.63, 3.8) is 0 Å². The van der Waals surface area contributed by atoms with Gasteiger partial charge in [0.15, 0.2) is 0 Å². The summed E-state index contributed by atoms with van der Waals surface area (Å²) in [6.45, 7) is 5.05. The Bertz CT molecular complexity index is 759. The van der Waals surface area contributed by atoms with Crippen molar-refractivity contribution >= 4 is 15.7 Å². The van der Waals surface area contributed by atoms with Crippen molar-refractivity contribution in [2.45, 2.75) is 32.1 Å². The van der Waals surface area contributed by atoms with Crippen LogP contribution in [-0.2, 0) is 23.5 Å². The summed E-state index contributed by atoms with van der Waals surface area (Å²) in [7, 11) is -2.05. The van der Waals surface area contributed by atoms with Crippen LogP contribution in [0.15, 0.2) is 23.2 Å². The molecule has 0 aliphatic carbocycles. The van der Waals surface area contributed by atoms with Crippen molar-refractivity contribution in [1.82, 2.24) is 9.78 Å². The molecule has 21 heavy (non-hydrogen) atoms. The van der Waals surface area contributed by atoms with Crippen LogP contribution in [0, 0.1) is 19.7 Å². The minimum absolute atomic E-state index is 0.106. The molecule has 1 heterocycles. The highest BCUT2D eigenvalue weighted by atomic mass is 32.2. The fourth-order valence-electron chi connectivity index (χ4n) is 2.40. The molecule has 0 aliphatic heterocycles. The number of hydrogen-bond donors (Lipinski definition) is 1. The van der Waals surface area contributed by atoms with Crippen LogP contribution in [0.5, 0.6) is 0 Å². The number of nitrogens with zero attached hydrogens (tertiary/aromatic N) is 2. The van der Waals surface area contributed by atoms with Crippen LogP contribution in [-0.4, -0.2) is 18.2 Å². The van der Waals surface area contributed by atoms with E-state index in [1.165, 1.54) is 12.1 Å². The van der Waals surface area contributed by atoms with Gasteiger partial charge in [-0.05, 0) is 43.5 Å². The van der Waals surface area contributed by atoms with E-state index in [0.717, 1.165) is 0 Å². The number of rotatable bonds is 4. The van der Waals surface area contributed by atoms with Crippen molar-refractivity contribution in [3.05, 3.63) is 41.0 Å². The van der Waals surface area contributed by atoms with E-state index in [0.29, 0.717) is 28.9 Å². The summed E-state index contributed by atoms with van der Waals surface area (Å²) < 4.78 is 42.5. The van der Waals surface area contributed by atoms with Gasteiger partial charge in [-0.1, -0.05) is 6.92 Å². The van der Waals surface area contributed by atoms with E-state index in [1.807, 2.05) is 6.92 Å². The first-order valence-electron chi connectivity index (χ1n) is 6.56. The molecule has 2 rings (SSSR count). The molecule has 7 heteroatoms. The van der Waals surface area contributed by atoms with Gasteiger partial charge in [-0.2, -0.15) is 5.10 Å². The summed E-state index contributed by atoms with van der Waals surface area (Å²) in [6, 6.07) is 2.43. The average molecular weight is 311 g/mol. The van der Waals surface area contributed by atoms with E-state index in [-0.39, 0.29) is 4.90 Å². The van der Waals surface area contributed by atoms with Gasteiger partial charge in [0.1, 0.15) is 5.82 Å². The summed E-state index contributed by atoms with van der Waals surface area (Å²) in [5.41, 5.74) is 1.87. The molecule has 114 valence electrons. The lowest BCUT2D eigenvalue weighted by Gasteiger charge is -2.12. The molecule has 0 amide bonds. The van der Waals surface area contributed by atoms with Gasteiger partial charge in [0, 0.05) is 13.2 Å². The van der Waals surface area contributed by atoms with E-state index in [1.54, 1.807) is 31.8 Å². The zero-order valence-corrected chi connectivity index (χ0v) is 13.3. The van der Waals surface area contributed by atoms with Gasteiger partial charge in [0.25, 0.3) is 10.0 Å². The van der Waals surface area contributed by atoms with Crippen LogP contribution in [0.1, 0.15) is 23.7 Å². The molecule has 0 saturated heterocycles. The number of aromatic nitrogens is 2. The number of benzene rings is 1. The first kappa shape index (κ1) is 15.5. The smallest absolute Gasteiger partial charge is 0.262 e. The first-order valence-corrected chi connectivity index (χ1v) is 8.05. The molecule has 0 bridgehead atoms. The topological polar surface area (TPSA) is 64.0 Å². The van der Waals surface area contributed by atoms with Crippen molar-refractivity contribution in [2.24, 2.45) is 7.05 Å². The summed E-state index contributed by atoms with van der Waals surface area (Å²) >= 11 is 0. The normalized spacial score (nSPS) is 11.7.